The molecule has 102 valence electrons. The molecule has 0 saturated heterocycles. The predicted octanol–water partition coefficient (Wildman–Crippen LogP) is 1.53. The molecule has 1 amide bonds. The maximum Gasteiger partial charge on any atom is 0.303 e. The van der Waals surface area contributed by atoms with Crippen molar-refractivity contribution in [2.75, 3.05) is 13.6 Å². The first-order valence-electron chi connectivity index (χ1n) is 5.63. The van der Waals surface area contributed by atoms with Crippen molar-refractivity contribution in [1.82, 2.24) is 4.90 Å². The minimum atomic E-state index is -0.920. The van der Waals surface area contributed by atoms with Crippen LogP contribution in [-0.4, -0.2) is 40.4 Å². The zero-order valence-corrected chi connectivity index (χ0v) is 10.4. The summed E-state index contributed by atoms with van der Waals surface area (Å²) in [5.74, 6) is -1.29. The van der Waals surface area contributed by atoms with Crippen LogP contribution < -0.4 is 0 Å². The van der Waals surface area contributed by atoms with Gasteiger partial charge in [0.25, 0.3) is 11.6 Å². The lowest BCUT2D eigenvalue weighted by Gasteiger charge is -2.16. The number of hydrogen-bond acceptors (Lipinski definition) is 4. The molecule has 7 heteroatoms. The number of nitro benzene ring substituents is 1. The van der Waals surface area contributed by atoms with E-state index in [9.17, 15) is 19.7 Å². The number of carboxylic acid groups (broad SMARTS) is 1. The molecule has 7 nitrogen and oxygen atoms in total. The molecular weight excluding hydrogens is 252 g/mol. The highest BCUT2D eigenvalue weighted by Crippen LogP contribution is 2.14. The van der Waals surface area contributed by atoms with Crippen LogP contribution in [0.25, 0.3) is 0 Å². The summed E-state index contributed by atoms with van der Waals surface area (Å²) in [6, 6.07) is 5.44. The molecule has 0 atom stereocenters. The Morgan fingerprint density at radius 2 is 2.11 bits per heavy atom. The Morgan fingerprint density at radius 1 is 1.42 bits per heavy atom. The molecule has 0 aliphatic rings. The van der Waals surface area contributed by atoms with Crippen molar-refractivity contribution in [2.45, 2.75) is 12.8 Å². The molecule has 19 heavy (non-hydrogen) atoms. The third-order valence-electron chi connectivity index (χ3n) is 2.53. The molecule has 1 rings (SSSR count). The fourth-order valence-electron chi connectivity index (χ4n) is 1.54. The lowest BCUT2D eigenvalue weighted by molar-refractivity contribution is -0.384. The number of amides is 1. The van der Waals surface area contributed by atoms with Gasteiger partial charge in [0.2, 0.25) is 0 Å². The molecule has 0 saturated carbocycles. The maximum atomic E-state index is 12.0. The number of aliphatic carboxylic acids is 1. The Kier molecular flexibility index (Phi) is 4.99. The van der Waals surface area contributed by atoms with Gasteiger partial charge in [-0.1, -0.05) is 6.07 Å². The van der Waals surface area contributed by atoms with Gasteiger partial charge in [-0.15, -0.1) is 0 Å². The van der Waals surface area contributed by atoms with Gasteiger partial charge in [-0.25, -0.2) is 0 Å². The number of rotatable bonds is 6. The number of carboxylic acids is 1. The zero-order chi connectivity index (χ0) is 14.4. The van der Waals surface area contributed by atoms with Crippen LogP contribution in [0.2, 0.25) is 0 Å². The third-order valence-corrected chi connectivity index (χ3v) is 2.53. The third kappa shape index (κ3) is 4.38. The summed E-state index contributed by atoms with van der Waals surface area (Å²) in [4.78, 5) is 33.7. The number of non-ortho nitro benzene ring substituents is 1. The van der Waals surface area contributed by atoms with Gasteiger partial charge in [0.15, 0.2) is 0 Å². The SMILES string of the molecule is CN(CCCC(=O)O)C(=O)c1cccc([N+](=O)[O-])c1. The Morgan fingerprint density at radius 3 is 2.68 bits per heavy atom. The second-order valence-corrected chi connectivity index (χ2v) is 4.03. The highest BCUT2D eigenvalue weighted by Gasteiger charge is 2.15. The molecule has 0 spiro atoms. The molecule has 1 N–H and O–H groups in total. The normalized spacial score (nSPS) is 9.95. The predicted molar refractivity (Wildman–Crippen MR) is 66.9 cm³/mol. The lowest BCUT2D eigenvalue weighted by Crippen LogP contribution is -2.28. The average Bonchev–Trinajstić information content (AvgIpc) is 2.37. The van der Waals surface area contributed by atoms with Crippen LogP contribution in [0.15, 0.2) is 24.3 Å². The summed E-state index contributed by atoms with van der Waals surface area (Å²) in [5, 5.41) is 19.1. The van der Waals surface area contributed by atoms with Crippen molar-refractivity contribution in [2.24, 2.45) is 0 Å². The minimum absolute atomic E-state index is 0.0213. The van der Waals surface area contributed by atoms with Crippen molar-refractivity contribution >= 4 is 17.6 Å². The van der Waals surface area contributed by atoms with Crippen LogP contribution in [0.3, 0.4) is 0 Å². The van der Waals surface area contributed by atoms with Gasteiger partial charge in [0.05, 0.1) is 4.92 Å². The van der Waals surface area contributed by atoms with E-state index in [1.807, 2.05) is 0 Å². The Labute approximate surface area is 109 Å². The summed E-state index contributed by atoms with van der Waals surface area (Å²) in [6.45, 7) is 0.286. The molecule has 0 aromatic heterocycles. The van der Waals surface area contributed by atoms with Crippen LogP contribution in [-0.2, 0) is 4.79 Å². The molecule has 1 aromatic carbocycles. The van der Waals surface area contributed by atoms with Gasteiger partial charge in [-0.3, -0.25) is 19.7 Å². The van der Waals surface area contributed by atoms with E-state index in [4.69, 9.17) is 5.11 Å². The zero-order valence-electron chi connectivity index (χ0n) is 10.4. The Bertz CT molecular complexity index is 501. The summed E-state index contributed by atoms with van der Waals surface area (Å²) < 4.78 is 0. The molecule has 0 bridgehead atoms. The molecule has 0 unspecified atom stereocenters. The van der Waals surface area contributed by atoms with Gasteiger partial charge in [-0.05, 0) is 12.5 Å². The second kappa shape index (κ2) is 6.48. The van der Waals surface area contributed by atoms with E-state index in [-0.39, 0.29) is 30.1 Å². The lowest BCUT2D eigenvalue weighted by atomic mass is 10.1. The summed E-state index contributed by atoms with van der Waals surface area (Å²) in [5.41, 5.74) is 0.0665. The van der Waals surface area contributed by atoms with Crippen molar-refractivity contribution < 1.29 is 19.6 Å². The fraction of sp³-hybridized carbons (Fsp3) is 0.333. The van der Waals surface area contributed by atoms with Crippen LogP contribution >= 0.6 is 0 Å². The largest absolute Gasteiger partial charge is 0.481 e. The van der Waals surface area contributed by atoms with Gasteiger partial charge in [-0.2, -0.15) is 0 Å². The van der Waals surface area contributed by atoms with E-state index in [1.165, 1.54) is 36.2 Å². The number of hydrogen-bond donors (Lipinski definition) is 1. The van der Waals surface area contributed by atoms with Gasteiger partial charge < -0.3 is 10.0 Å². The van der Waals surface area contributed by atoms with E-state index in [1.54, 1.807) is 0 Å². The molecular formula is C12H14N2O5. The first kappa shape index (κ1) is 14.6. The number of carbonyl (C=O) groups excluding carboxylic acids is 1. The van der Waals surface area contributed by atoms with E-state index in [0.29, 0.717) is 6.42 Å². The van der Waals surface area contributed by atoms with Crippen LogP contribution in [0.5, 0.6) is 0 Å². The Hall–Kier alpha value is -2.44. The maximum absolute atomic E-state index is 12.0. The fourth-order valence-corrected chi connectivity index (χ4v) is 1.54. The summed E-state index contributed by atoms with van der Waals surface area (Å²) in [7, 11) is 1.53. The van der Waals surface area contributed by atoms with Crippen LogP contribution in [0.4, 0.5) is 5.69 Å². The number of carbonyl (C=O) groups is 2. The molecule has 0 heterocycles. The van der Waals surface area contributed by atoms with Crippen molar-refractivity contribution in [1.29, 1.82) is 0 Å². The minimum Gasteiger partial charge on any atom is -0.481 e. The van der Waals surface area contributed by atoms with E-state index >= 15 is 0 Å². The smallest absolute Gasteiger partial charge is 0.303 e. The van der Waals surface area contributed by atoms with Crippen molar-refractivity contribution in [3.8, 4) is 0 Å². The standard InChI is InChI=1S/C12H14N2O5/c1-13(7-3-6-11(15)16)12(17)9-4-2-5-10(8-9)14(18)19/h2,4-5,8H,3,6-7H2,1H3,(H,15,16). The van der Waals surface area contributed by atoms with Crippen molar-refractivity contribution in [3.05, 3.63) is 39.9 Å². The molecule has 0 aliphatic heterocycles. The van der Waals surface area contributed by atoms with E-state index in [0.717, 1.165) is 0 Å². The van der Waals surface area contributed by atoms with Gasteiger partial charge >= 0.3 is 5.97 Å². The number of nitrogens with zero attached hydrogens (tertiary/aromatic N) is 2. The summed E-state index contributed by atoms with van der Waals surface area (Å²) >= 11 is 0. The summed E-state index contributed by atoms with van der Waals surface area (Å²) in [6.07, 6.45) is 0.319. The average molecular weight is 266 g/mol. The second-order valence-electron chi connectivity index (χ2n) is 4.03. The van der Waals surface area contributed by atoms with Crippen LogP contribution in [0, 0.1) is 10.1 Å². The van der Waals surface area contributed by atoms with Crippen molar-refractivity contribution in [3.63, 3.8) is 0 Å². The number of nitro groups is 1. The quantitative estimate of drug-likeness (QED) is 0.621. The Balaban J connectivity index is 2.68. The van der Waals surface area contributed by atoms with E-state index < -0.39 is 10.9 Å². The molecule has 0 fully saturated rings. The highest BCUT2D eigenvalue weighted by molar-refractivity contribution is 5.94. The molecule has 0 aliphatic carbocycles. The van der Waals surface area contributed by atoms with Gasteiger partial charge in [0, 0.05) is 37.7 Å². The topological polar surface area (TPSA) is 101 Å². The molecule has 0 radical (unpaired) electrons. The van der Waals surface area contributed by atoms with Gasteiger partial charge in [0.1, 0.15) is 0 Å². The number of benzene rings is 1. The van der Waals surface area contributed by atoms with Crippen LogP contribution in [0.1, 0.15) is 23.2 Å². The first-order valence-corrected chi connectivity index (χ1v) is 5.63. The first-order chi connectivity index (χ1) is 8.91. The van der Waals surface area contributed by atoms with E-state index in [2.05, 4.69) is 0 Å². The monoisotopic (exact) mass is 266 g/mol. The highest BCUT2D eigenvalue weighted by atomic mass is 16.6. The molecule has 1 aromatic rings.